The van der Waals surface area contributed by atoms with E-state index in [4.69, 9.17) is 9.84 Å². The van der Waals surface area contributed by atoms with E-state index in [2.05, 4.69) is 37.1 Å². The molecule has 1 fully saturated rings. The summed E-state index contributed by atoms with van der Waals surface area (Å²) >= 11 is 0. The van der Waals surface area contributed by atoms with Gasteiger partial charge in [-0.25, -0.2) is 0 Å². The van der Waals surface area contributed by atoms with E-state index in [-0.39, 0.29) is 0 Å². The van der Waals surface area contributed by atoms with Gasteiger partial charge >= 0.3 is 0 Å². The summed E-state index contributed by atoms with van der Waals surface area (Å²) in [6.07, 6.45) is 6.52. The number of anilines is 1. The Kier molecular flexibility index (Phi) is 5.45. The number of nitrogens with zero attached hydrogens (tertiary/aromatic N) is 7. The molecule has 8 heteroatoms. The smallest absolute Gasteiger partial charge is 0.200 e. The fourth-order valence-electron chi connectivity index (χ4n) is 4.07. The van der Waals surface area contributed by atoms with Crippen LogP contribution in [0.1, 0.15) is 12.0 Å². The van der Waals surface area contributed by atoms with Crippen molar-refractivity contribution in [1.29, 1.82) is 0 Å². The van der Waals surface area contributed by atoms with Gasteiger partial charge in [0.25, 0.3) is 0 Å². The monoisotopic (exact) mass is 415 g/mol. The van der Waals surface area contributed by atoms with Crippen LogP contribution in [0.4, 0.5) is 5.69 Å². The number of ether oxygens (including phenoxy) is 1. The molecule has 0 aliphatic carbocycles. The van der Waals surface area contributed by atoms with Crippen LogP contribution in [0, 0.1) is 0 Å². The van der Waals surface area contributed by atoms with Crippen LogP contribution < -0.4 is 9.64 Å². The van der Waals surface area contributed by atoms with Gasteiger partial charge < -0.3 is 9.64 Å². The van der Waals surface area contributed by atoms with Crippen molar-refractivity contribution in [1.82, 2.24) is 29.7 Å². The van der Waals surface area contributed by atoms with Gasteiger partial charge in [-0.05, 0) is 48.4 Å². The number of rotatable bonds is 5. The zero-order chi connectivity index (χ0) is 21.0. The van der Waals surface area contributed by atoms with Crippen molar-refractivity contribution in [2.45, 2.75) is 13.0 Å². The topological polar surface area (TPSA) is 71.7 Å². The molecule has 4 heterocycles. The van der Waals surface area contributed by atoms with E-state index in [0.717, 1.165) is 67.5 Å². The molecular formula is C23H25N7O. The largest absolute Gasteiger partial charge is 0.497 e. The number of benzene rings is 1. The van der Waals surface area contributed by atoms with Crippen molar-refractivity contribution in [3.63, 3.8) is 0 Å². The highest BCUT2D eigenvalue weighted by atomic mass is 16.5. The number of hydrogen-bond acceptors (Lipinski definition) is 7. The Labute approximate surface area is 181 Å². The van der Waals surface area contributed by atoms with Gasteiger partial charge in [-0.3, -0.25) is 9.88 Å². The molecule has 1 aromatic carbocycles. The summed E-state index contributed by atoms with van der Waals surface area (Å²) in [6.45, 7) is 4.86. The van der Waals surface area contributed by atoms with Crippen molar-refractivity contribution in [3.8, 4) is 17.0 Å². The minimum Gasteiger partial charge on any atom is -0.497 e. The lowest BCUT2D eigenvalue weighted by molar-refractivity contribution is 0.285. The summed E-state index contributed by atoms with van der Waals surface area (Å²) < 4.78 is 7.06. The summed E-state index contributed by atoms with van der Waals surface area (Å²) in [5, 5.41) is 13.2. The Bertz CT molecular complexity index is 1140. The van der Waals surface area contributed by atoms with Crippen molar-refractivity contribution >= 4 is 11.3 Å². The van der Waals surface area contributed by atoms with E-state index in [1.807, 2.05) is 42.7 Å². The molecule has 0 spiro atoms. The summed E-state index contributed by atoms with van der Waals surface area (Å²) in [6, 6.07) is 14.2. The molecule has 3 aromatic heterocycles. The minimum atomic E-state index is 0.790. The maximum absolute atomic E-state index is 5.29. The second-order valence-electron chi connectivity index (χ2n) is 7.72. The quantitative estimate of drug-likeness (QED) is 0.496. The zero-order valence-electron chi connectivity index (χ0n) is 17.6. The molecule has 158 valence electrons. The third kappa shape index (κ3) is 4.20. The lowest BCUT2D eigenvalue weighted by Crippen LogP contribution is -2.31. The fourth-order valence-corrected chi connectivity index (χ4v) is 4.07. The molecule has 0 N–H and O–H groups in total. The summed E-state index contributed by atoms with van der Waals surface area (Å²) in [5.74, 6) is 0.829. The maximum atomic E-state index is 5.29. The number of fused-ring (bicyclic) bond motifs is 1. The molecule has 5 rings (SSSR count). The summed E-state index contributed by atoms with van der Waals surface area (Å²) in [5.41, 5.74) is 5.04. The Morgan fingerprint density at radius 1 is 1.03 bits per heavy atom. The van der Waals surface area contributed by atoms with Crippen LogP contribution in [0.25, 0.3) is 16.9 Å². The van der Waals surface area contributed by atoms with Gasteiger partial charge in [0.15, 0.2) is 0 Å². The normalized spacial score (nSPS) is 15.2. The molecular weight excluding hydrogens is 390 g/mol. The van der Waals surface area contributed by atoms with Crippen LogP contribution in [-0.2, 0) is 6.54 Å². The predicted molar refractivity (Wildman–Crippen MR) is 119 cm³/mol. The van der Waals surface area contributed by atoms with E-state index in [1.165, 1.54) is 5.56 Å². The van der Waals surface area contributed by atoms with E-state index in [9.17, 15) is 0 Å². The van der Waals surface area contributed by atoms with Gasteiger partial charge in [0, 0.05) is 50.7 Å². The summed E-state index contributed by atoms with van der Waals surface area (Å²) in [7, 11) is 1.67. The third-order valence-corrected chi connectivity index (χ3v) is 5.69. The van der Waals surface area contributed by atoms with Crippen LogP contribution in [0.5, 0.6) is 5.75 Å². The molecule has 1 aliphatic rings. The summed E-state index contributed by atoms with van der Waals surface area (Å²) in [4.78, 5) is 9.14. The number of hydrogen-bond donors (Lipinski definition) is 0. The first-order valence-corrected chi connectivity index (χ1v) is 10.5. The van der Waals surface area contributed by atoms with Crippen LogP contribution in [-0.4, -0.2) is 63.0 Å². The van der Waals surface area contributed by atoms with Gasteiger partial charge in [-0.15, -0.1) is 10.2 Å². The van der Waals surface area contributed by atoms with Gasteiger partial charge in [-0.1, -0.05) is 6.07 Å². The highest BCUT2D eigenvalue weighted by Crippen LogP contribution is 2.28. The Morgan fingerprint density at radius 2 is 1.94 bits per heavy atom. The van der Waals surface area contributed by atoms with Crippen LogP contribution in [0.2, 0.25) is 0 Å². The molecule has 31 heavy (non-hydrogen) atoms. The van der Waals surface area contributed by atoms with Gasteiger partial charge in [-0.2, -0.15) is 9.61 Å². The van der Waals surface area contributed by atoms with Crippen LogP contribution in [0.15, 0.2) is 61.2 Å². The van der Waals surface area contributed by atoms with Crippen molar-refractivity contribution in [2.75, 3.05) is 38.2 Å². The molecule has 0 atom stereocenters. The van der Waals surface area contributed by atoms with Crippen molar-refractivity contribution in [3.05, 3.63) is 66.7 Å². The fraction of sp³-hybridized carbons (Fsp3) is 0.304. The Morgan fingerprint density at radius 3 is 2.74 bits per heavy atom. The Balaban J connectivity index is 1.40. The first-order chi connectivity index (χ1) is 15.3. The molecule has 1 aliphatic heterocycles. The van der Waals surface area contributed by atoms with E-state index in [0.29, 0.717) is 0 Å². The molecule has 4 aromatic rings. The van der Waals surface area contributed by atoms with E-state index < -0.39 is 0 Å². The van der Waals surface area contributed by atoms with Crippen molar-refractivity contribution < 1.29 is 4.74 Å². The first kappa shape index (κ1) is 19.4. The Hall–Kier alpha value is -3.52. The third-order valence-electron chi connectivity index (χ3n) is 5.69. The second kappa shape index (κ2) is 8.69. The number of methoxy groups -OCH3 is 1. The predicted octanol–water partition coefficient (Wildman–Crippen LogP) is 2.91. The molecule has 0 radical (unpaired) electrons. The molecule has 1 saturated heterocycles. The van der Waals surface area contributed by atoms with E-state index in [1.54, 1.807) is 18.0 Å². The molecule has 8 nitrogen and oxygen atoms in total. The van der Waals surface area contributed by atoms with Gasteiger partial charge in [0.1, 0.15) is 12.1 Å². The number of pyridine rings is 1. The lowest BCUT2D eigenvalue weighted by atomic mass is 10.1. The maximum Gasteiger partial charge on any atom is 0.200 e. The lowest BCUT2D eigenvalue weighted by Gasteiger charge is -2.24. The highest BCUT2D eigenvalue weighted by molar-refractivity contribution is 5.74. The number of aromatic nitrogens is 5. The molecule has 0 amide bonds. The van der Waals surface area contributed by atoms with Crippen molar-refractivity contribution in [2.24, 2.45) is 0 Å². The van der Waals surface area contributed by atoms with Crippen LogP contribution >= 0.6 is 0 Å². The highest BCUT2D eigenvalue weighted by Gasteiger charge is 2.20. The average Bonchev–Trinajstić information content (AvgIpc) is 3.18. The average molecular weight is 416 g/mol. The van der Waals surface area contributed by atoms with Gasteiger partial charge in [0.05, 0.1) is 18.5 Å². The van der Waals surface area contributed by atoms with Gasteiger partial charge in [0.2, 0.25) is 5.65 Å². The first-order valence-electron chi connectivity index (χ1n) is 10.5. The van der Waals surface area contributed by atoms with E-state index >= 15 is 0 Å². The SMILES string of the molecule is COc1ccc(-c2cc(N3CCCN(Cc4cccnc4)CC3)c3nncn3n2)cc1. The van der Waals surface area contributed by atoms with Crippen LogP contribution in [0.3, 0.4) is 0 Å². The molecule has 0 unspecified atom stereocenters. The second-order valence-corrected chi connectivity index (χ2v) is 7.72. The zero-order valence-corrected chi connectivity index (χ0v) is 17.6. The minimum absolute atomic E-state index is 0.790. The molecule has 0 bridgehead atoms. The standard InChI is InChI=1S/C23H25N7O/c1-31-20-7-5-19(6-8-20)21-14-22(23-26-25-17-30(23)27-21)29-11-3-10-28(12-13-29)16-18-4-2-9-24-15-18/h2,4-9,14-15,17H,3,10-13,16H2,1H3. The molecule has 0 saturated carbocycles.